The highest BCUT2D eigenvalue weighted by Crippen LogP contribution is 2.29. The number of likely N-dealkylation sites (tertiary alicyclic amines) is 1. The Morgan fingerprint density at radius 3 is 3.04 bits per heavy atom. The Hall–Kier alpha value is -2.40. The smallest absolute Gasteiger partial charge is 0.254 e. The molecule has 134 valence electrons. The van der Waals surface area contributed by atoms with Gasteiger partial charge >= 0.3 is 0 Å². The van der Waals surface area contributed by atoms with Crippen LogP contribution in [0.2, 0.25) is 5.02 Å². The number of carbonyl (C=O) groups is 1. The lowest BCUT2D eigenvalue weighted by molar-refractivity contribution is 0.0788. The maximum atomic E-state index is 13.3. The quantitative estimate of drug-likeness (QED) is 0.735. The number of nitrogens with zero attached hydrogens (tertiary/aromatic N) is 3. The zero-order valence-corrected chi connectivity index (χ0v) is 15.5. The number of aromatic nitrogens is 3. The van der Waals surface area contributed by atoms with Gasteiger partial charge in [0.25, 0.3) is 5.91 Å². The number of hydrogen-bond acceptors (Lipinski definition) is 3. The van der Waals surface area contributed by atoms with Gasteiger partial charge in [0.1, 0.15) is 0 Å². The molecular formula is C20H21ClN4O. The van der Waals surface area contributed by atoms with Crippen molar-refractivity contribution >= 4 is 28.4 Å². The van der Waals surface area contributed by atoms with Crippen LogP contribution < -0.4 is 0 Å². The maximum Gasteiger partial charge on any atom is 0.254 e. The molecule has 1 atom stereocenters. The normalized spacial score (nSPS) is 17.2. The van der Waals surface area contributed by atoms with Crippen molar-refractivity contribution < 1.29 is 4.79 Å². The van der Waals surface area contributed by atoms with E-state index >= 15 is 0 Å². The molecule has 3 heterocycles. The first kappa shape index (κ1) is 17.0. The van der Waals surface area contributed by atoms with Gasteiger partial charge in [-0.3, -0.25) is 9.89 Å². The molecule has 4 rings (SSSR count). The Balaban J connectivity index is 1.77. The highest BCUT2D eigenvalue weighted by atomic mass is 35.5. The lowest BCUT2D eigenvalue weighted by Crippen LogP contribution is -2.29. The van der Waals surface area contributed by atoms with Crippen molar-refractivity contribution in [3.8, 4) is 11.3 Å². The first-order valence-electron chi connectivity index (χ1n) is 9.04. The summed E-state index contributed by atoms with van der Waals surface area (Å²) in [7, 11) is 0. The number of pyridine rings is 1. The fourth-order valence-corrected chi connectivity index (χ4v) is 3.92. The van der Waals surface area contributed by atoms with Crippen LogP contribution in [0.15, 0.2) is 36.7 Å². The van der Waals surface area contributed by atoms with Crippen molar-refractivity contribution in [2.75, 3.05) is 13.1 Å². The lowest BCUT2D eigenvalue weighted by atomic mass is 10.0. The van der Waals surface area contributed by atoms with Crippen LogP contribution in [0.3, 0.4) is 0 Å². The molecule has 3 aromatic rings. The average molecular weight is 369 g/mol. The molecule has 26 heavy (non-hydrogen) atoms. The van der Waals surface area contributed by atoms with Gasteiger partial charge < -0.3 is 4.90 Å². The van der Waals surface area contributed by atoms with Gasteiger partial charge in [-0.05, 0) is 37.0 Å². The van der Waals surface area contributed by atoms with Crippen LogP contribution in [0, 0.1) is 5.92 Å². The van der Waals surface area contributed by atoms with E-state index < -0.39 is 0 Å². The third kappa shape index (κ3) is 3.19. The molecule has 0 unspecified atom stereocenters. The number of fused-ring (bicyclic) bond motifs is 1. The van der Waals surface area contributed by atoms with Crippen LogP contribution in [0.1, 0.15) is 36.5 Å². The average Bonchev–Trinajstić information content (AvgIpc) is 3.32. The predicted molar refractivity (Wildman–Crippen MR) is 103 cm³/mol. The molecule has 1 amide bonds. The van der Waals surface area contributed by atoms with Crippen LogP contribution >= 0.6 is 11.6 Å². The Morgan fingerprint density at radius 1 is 1.38 bits per heavy atom. The Kier molecular flexibility index (Phi) is 4.64. The largest absolute Gasteiger partial charge is 0.338 e. The standard InChI is InChI=1S/C20H21ClN4O/c1-2-3-13-6-7-25(12-13)20(26)17-9-18(14-10-22-23-11-14)24-19-8-15(21)4-5-16(17)19/h4-5,8-11,13H,2-3,6-7,12H2,1H3,(H,22,23)/t13-/m1/s1. The summed E-state index contributed by atoms with van der Waals surface area (Å²) < 4.78 is 0. The molecule has 1 fully saturated rings. The van der Waals surface area contributed by atoms with Gasteiger partial charge in [-0.25, -0.2) is 4.98 Å². The van der Waals surface area contributed by atoms with Crippen LogP contribution in [0.4, 0.5) is 0 Å². The number of nitrogens with one attached hydrogen (secondary N) is 1. The van der Waals surface area contributed by atoms with Gasteiger partial charge in [-0.1, -0.05) is 31.0 Å². The summed E-state index contributed by atoms with van der Waals surface area (Å²) >= 11 is 6.15. The molecule has 1 aliphatic heterocycles. The number of rotatable bonds is 4. The number of aromatic amines is 1. The SMILES string of the molecule is CCC[C@@H]1CCN(C(=O)c2cc(-c3cn[nH]c3)nc3cc(Cl)ccc23)C1. The van der Waals surface area contributed by atoms with Crippen LogP contribution in [-0.4, -0.2) is 39.1 Å². The van der Waals surface area contributed by atoms with E-state index in [4.69, 9.17) is 11.6 Å². The molecule has 0 bridgehead atoms. The third-order valence-electron chi connectivity index (χ3n) is 5.07. The Labute approximate surface area is 157 Å². The van der Waals surface area contributed by atoms with Crippen molar-refractivity contribution in [1.82, 2.24) is 20.1 Å². The highest BCUT2D eigenvalue weighted by molar-refractivity contribution is 6.31. The monoisotopic (exact) mass is 368 g/mol. The number of hydrogen-bond donors (Lipinski definition) is 1. The minimum Gasteiger partial charge on any atom is -0.338 e. The fourth-order valence-electron chi connectivity index (χ4n) is 3.75. The predicted octanol–water partition coefficient (Wildman–Crippen LogP) is 4.54. The molecule has 1 aliphatic rings. The number of H-pyrrole nitrogens is 1. The van der Waals surface area contributed by atoms with E-state index in [2.05, 4.69) is 22.1 Å². The molecule has 0 aliphatic carbocycles. The van der Waals surface area contributed by atoms with Crippen molar-refractivity contribution in [2.45, 2.75) is 26.2 Å². The molecule has 1 aromatic carbocycles. The van der Waals surface area contributed by atoms with Gasteiger partial charge in [0.05, 0.1) is 23.0 Å². The van der Waals surface area contributed by atoms with E-state index in [1.165, 1.54) is 6.42 Å². The summed E-state index contributed by atoms with van der Waals surface area (Å²) in [5.41, 5.74) is 2.98. The highest BCUT2D eigenvalue weighted by Gasteiger charge is 2.28. The van der Waals surface area contributed by atoms with E-state index in [1.807, 2.05) is 23.1 Å². The van der Waals surface area contributed by atoms with Crippen LogP contribution in [0.25, 0.3) is 22.2 Å². The van der Waals surface area contributed by atoms with Gasteiger partial charge in [-0.15, -0.1) is 0 Å². The van der Waals surface area contributed by atoms with Crippen LogP contribution in [0.5, 0.6) is 0 Å². The second kappa shape index (κ2) is 7.08. The maximum absolute atomic E-state index is 13.3. The second-order valence-electron chi connectivity index (χ2n) is 6.90. The molecule has 1 saturated heterocycles. The summed E-state index contributed by atoms with van der Waals surface area (Å²) in [5, 5.41) is 8.24. The minimum atomic E-state index is 0.0723. The zero-order valence-electron chi connectivity index (χ0n) is 14.7. The van der Waals surface area contributed by atoms with E-state index in [1.54, 1.807) is 18.5 Å². The van der Waals surface area contributed by atoms with Crippen LogP contribution in [-0.2, 0) is 0 Å². The molecule has 6 heteroatoms. The molecule has 5 nitrogen and oxygen atoms in total. The fraction of sp³-hybridized carbons (Fsp3) is 0.350. The van der Waals surface area contributed by atoms with Gasteiger partial charge in [0.15, 0.2) is 0 Å². The second-order valence-corrected chi connectivity index (χ2v) is 7.33. The van der Waals surface area contributed by atoms with Gasteiger partial charge in [-0.2, -0.15) is 5.10 Å². The number of amides is 1. The summed E-state index contributed by atoms with van der Waals surface area (Å²) in [5.74, 6) is 0.683. The number of benzene rings is 1. The summed E-state index contributed by atoms with van der Waals surface area (Å²) in [6.45, 7) is 3.86. The topological polar surface area (TPSA) is 61.9 Å². The van der Waals surface area contributed by atoms with Gasteiger partial charge in [0.2, 0.25) is 0 Å². The lowest BCUT2D eigenvalue weighted by Gasteiger charge is -2.18. The molecule has 0 spiro atoms. The molecule has 1 N–H and O–H groups in total. The molecular weight excluding hydrogens is 348 g/mol. The zero-order chi connectivity index (χ0) is 18.1. The van der Waals surface area contributed by atoms with Crippen molar-refractivity contribution in [2.24, 2.45) is 5.92 Å². The first-order chi connectivity index (χ1) is 12.7. The van der Waals surface area contributed by atoms with E-state index in [-0.39, 0.29) is 5.91 Å². The Bertz CT molecular complexity index is 938. The Morgan fingerprint density at radius 2 is 2.27 bits per heavy atom. The summed E-state index contributed by atoms with van der Waals surface area (Å²) in [4.78, 5) is 19.9. The third-order valence-corrected chi connectivity index (χ3v) is 5.30. The van der Waals surface area contributed by atoms with E-state index in [0.717, 1.165) is 48.1 Å². The van der Waals surface area contributed by atoms with Crippen molar-refractivity contribution in [3.05, 3.63) is 47.2 Å². The summed E-state index contributed by atoms with van der Waals surface area (Å²) in [6.07, 6.45) is 6.91. The molecule has 0 radical (unpaired) electrons. The van der Waals surface area contributed by atoms with Crippen molar-refractivity contribution in [1.29, 1.82) is 0 Å². The minimum absolute atomic E-state index is 0.0723. The molecule has 2 aromatic heterocycles. The number of carbonyl (C=O) groups excluding carboxylic acids is 1. The van der Waals surface area contributed by atoms with E-state index in [0.29, 0.717) is 16.5 Å². The van der Waals surface area contributed by atoms with Gasteiger partial charge in [0, 0.05) is 35.3 Å². The summed E-state index contributed by atoms with van der Waals surface area (Å²) in [6, 6.07) is 7.37. The molecule has 0 saturated carbocycles. The van der Waals surface area contributed by atoms with E-state index in [9.17, 15) is 4.79 Å². The van der Waals surface area contributed by atoms with Crippen molar-refractivity contribution in [3.63, 3.8) is 0 Å². The number of halogens is 1. The first-order valence-corrected chi connectivity index (χ1v) is 9.42.